The molecule has 5 heteroatoms. The highest BCUT2D eigenvalue weighted by Gasteiger charge is 2.30. The Labute approximate surface area is 145 Å². The van der Waals surface area contributed by atoms with Gasteiger partial charge in [0.1, 0.15) is 5.60 Å². The Morgan fingerprint density at radius 1 is 1.33 bits per heavy atom. The zero-order valence-corrected chi connectivity index (χ0v) is 15.4. The van der Waals surface area contributed by atoms with Crippen molar-refractivity contribution in [1.29, 1.82) is 0 Å². The fourth-order valence-corrected chi connectivity index (χ4v) is 2.90. The van der Waals surface area contributed by atoms with Crippen LogP contribution in [0.2, 0.25) is 0 Å². The second-order valence-electron chi connectivity index (χ2n) is 7.49. The molecule has 0 aromatic carbocycles. The van der Waals surface area contributed by atoms with Crippen molar-refractivity contribution < 1.29 is 14.3 Å². The van der Waals surface area contributed by atoms with Crippen LogP contribution in [-0.4, -0.2) is 40.8 Å². The van der Waals surface area contributed by atoms with E-state index in [4.69, 9.17) is 9.47 Å². The van der Waals surface area contributed by atoms with E-state index in [1.165, 1.54) is 6.42 Å². The van der Waals surface area contributed by atoms with E-state index >= 15 is 0 Å². The third-order valence-corrected chi connectivity index (χ3v) is 4.07. The van der Waals surface area contributed by atoms with E-state index in [-0.39, 0.29) is 12.1 Å². The largest absolute Gasteiger partial charge is 0.478 e. The summed E-state index contributed by atoms with van der Waals surface area (Å²) in [5, 5.41) is 0. The molecule has 0 spiro atoms. The third kappa shape index (κ3) is 6.02. The number of ether oxygens (including phenoxy) is 2. The number of hydrogen-bond acceptors (Lipinski definition) is 4. The summed E-state index contributed by atoms with van der Waals surface area (Å²) in [6.07, 6.45) is 6.73. The number of hydrogen-bond donors (Lipinski definition) is 0. The van der Waals surface area contributed by atoms with Crippen molar-refractivity contribution in [2.24, 2.45) is 0 Å². The predicted molar refractivity (Wildman–Crippen MR) is 94.3 cm³/mol. The minimum absolute atomic E-state index is 0.187. The number of carbonyl (C=O) groups excluding carboxylic acids is 1. The Morgan fingerprint density at radius 3 is 2.79 bits per heavy atom. The summed E-state index contributed by atoms with van der Waals surface area (Å²) in [7, 11) is 0. The van der Waals surface area contributed by atoms with E-state index in [0.717, 1.165) is 37.8 Å². The Kier molecular flexibility index (Phi) is 6.46. The Bertz CT molecular complexity index is 522. The van der Waals surface area contributed by atoms with Gasteiger partial charge in [-0.3, -0.25) is 0 Å². The number of piperidine rings is 1. The lowest BCUT2D eigenvalue weighted by atomic mass is 9.98. The van der Waals surface area contributed by atoms with Gasteiger partial charge in [-0.1, -0.05) is 6.07 Å². The van der Waals surface area contributed by atoms with Crippen LogP contribution in [0.5, 0.6) is 5.88 Å². The highest BCUT2D eigenvalue weighted by atomic mass is 16.6. The highest BCUT2D eigenvalue weighted by Crippen LogP contribution is 2.23. The maximum absolute atomic E-state index is 12.4. The van der Waals surface area contributed by atoms with Gasteiger partial charge in [0.25, 0.3) is 0 Å². The molecule has 1 amide bonds. The first-order valence-corrected chi connectivity index (χ1v) is 8.90. The molecule has 2 rings (SSSR count). The van der Waals surface area contributed by atoms with Gasteiger partial charge in [-0.05, 0) is 65.4 Å². The van der Waals surface area contributed by atoms with E-state index in [0.29, 0.717) is 12.5 Å². The summed E-state index contributed by atoms with van der Waals surface area (Å²) in [4.78, 5) is 18.5. The van der Waals surface area contributed by atoms with E-state index in [1.807, 2.05) is 44.7 Å². The van der Waals surface area contributed by atoms with Crippen LogP contribution in [0, 0.1) is 6.92 Å². The fourth-order valence-electron chi connectivity index (χ4n) is 2.90. The summed E-state index contributed by atoms with van der Waals surface area (Å²) in [6, 6.07) is 4.14. The quantitative estimate of drug-likeness (QED) is 0.752. The molecular weight excluding hydrogens is 304 g/mol. The number of aromatic nitrogens is 1. The van der Waals surface area contributed by atoms with E-state index in [9.17, 15) is 4.79 Å². The maximum atomic E-state index is 12.4. The number of nitrogens with zero attached hydrogens (tertiary/aromatic N) is 2. The SMILES string of the molecule is Cc1ccc(OCCCC2CCCCN2C(=O)OC(C)(C)C)nc1. The summed E-state index contributed by atoms with van der Waals surface area (Å²) in [5.74, 6) is 0.660. The average molecular weight is 334 g/mol. The highest BCUT2D eigenvalue weighted by molar-refractivity contribution is 5.68. The molecule has 1 atom stereocenters. The fraction of sp³-hybridized carbons (Fsp3) is 0.684. The summed E-state index contributed by atoms with van der Waals surface area (Å²) < 4.78 is 11.2. The monoisotopic (exact) mass is 334 g/mol. The van der Waals surface area contributed by atoms with Crippen LogP contribution in [0.25, 0.3) is 0 Å². The third-order valence-electron chi connectivity index (χ3n) is 4.07. The molecule has 2 heterocycles. The molecule has 5 nitrogen and oxygen atoms in total. The standard InChI is InChI=1S/C19H30N2O3/c1-15-10-11-17(20-14-15)23-13-7-9-16-8-5-6-12-21(16)18(22)24-19(2,3)4/h10-11,14,16H,5-9,12-13H2,1-4H3. The second-order valence-corrected chi connectivity index (χ2v) is 7.49. The van der Waals surface area contributed by atoms with E-state index < -0.39 is 5.60 Å². The molecule has 0 aliphatic carbocycles. The van der Waals surface area contributed by atoms with E-state index in [1.54, 1.807) is 6.20 Å². The zero-order chi connectivity index (χ0) is 17.6. The van der Waals surface area contributed by atoms with Crippen LogP contribution in [0.3, 0.4) is 0 Å². The van der Waals surface area contributed by atoms with Crippen molar-refractivity contribution in [1.82, 2.24) is 9.88 Å². The molecular formula is C19H30N2O3. The van der Waals surface area contributed by atoms with Gasteiger partial charge >= 0.3 is 6.09 Å². The number of aryl methyl sites for hydroxylation is 1. The number of likely N-dealkylation sites (tertiary alicyclic amines) is 1. The van der Waals surface area contributed by atoms with Crippen LogP contribution in [-0.2, 0) is 4.74 Å². The van der Waals surface area contributed by atoms with Crippen LogP contribution in [0.4, 0.5) is 4.79 Å². The smallest absolute Gasteiger partial charge is 0.410 e. The van der Waals surface area contributed by atoms with Crippen LogP contribution < -0.4 is 4.74 Å². The first-order chi connectivity index (χ1) is 11.3. The number of carbonyl (C=O) groups is 1. The van der Waals surface area contributed by atoms with Crippen molar-refractivity contribution in [2.45, 2.75) is 71.4 Å². The predicted octanol–water partition coefficient (Wildman–Crippen LogP) is 4.34. The Morgan fingerprint density at radius 2 is 2.12 bits per heavy atom. The molecule has 1 fully saturated rings. The van der Waals surface area contributed by atoms with Crippen molar-refractivity contribution >= 4 is 6.09 Å². The molecule has 0 saturated carbocycles. The number of amides is 1. The van der Waals surface area contributed by atoms with Crippen LogP contribution in [0.1, 0.15) is 58.4 Å². The molecule has 134 valence electrons. The minimum Gasteiger partial charge on any atom is -0.478 e. The van der Waals surface area contributed by atoms with Crippen molar-refractivity contribution in [2.75, 3.05) is 13.2 Å². The van der Waals surface area contributed by atoms with Gasteiger partial charge in [0.15, 0.2) is 0 Å². The first kappa shape index (κ1) is 18.6. The second kappa shape index (κ2) is 8.36. The minimum atomic E-state index is -0.445. The van der Waals surface area contributed by atoms with Crippen LogP contribution in [0.15, 0.2) is 18.3 Å². The van der Waals surface area contributed by atoms with Crippen molar-refractivity contribution in [3.63, 3.8) is 0 Å². The van der Waals surface area contributed by atoms with Gasteiger partial charge in [-0.2, -0.15) is 0 Å². The van der Waals surface area contributed by atoms with Gasteiger partial charge < -0.3 is 14.4 Å². The molecule has 1 unspecified atom stereocenters. The molecule has 1 aliphatic heterocycles. The molecule has 0 radical (unpaired) electrons. The molecule has 1 aromatic rings. The summed E-state index contributed by atoms with van der Waals surface area (Å²) in [5.41, 5.74) is 0.678. The average Bonchev–Trinajstić information content (AvgIpc) is 2.52. The maximum Gasteiger partial charge on any atom is 0.410 e. The Balaban J connectivity index is 1.78. The van der Waals surface area contributed by atoms with Gasteiger partial charge in [-0.15, -0.1) is 0 Å². The molecule has 1 aliphatic rings. The summed E-state index contributed by atoms with van der Waals surface area (Å²) >= 11 is 0. The summed E-state index contributed by atoms with van der Waals surface area (Å²) in [6.45, 7) is 9.14. The van der Waals surface area contributed by atoms with Gasteiger partial charge in [0, 0.05) is 24.8 Å². The first-order valence-electron chi connectivity index (χ1n) is 8.90. The molecule has 24 heavy (non-hydrogen) atoms. The van der Waals surface area contributed by atoms with Crippen molar-refractivity contribution in [3.05, 3.63) is 23.9 Å². The number of rotatable bonds is 5. The lowest BCUT2D eigenvalue weighted by Gasteiger charge is -2.36. The lowest BCUT2D eigenvalue weighted by molar-refractivity contribution is 0.00822. The normalized spacial score (nSPS) is 18.3. The molecule has 1 aromatic heterocycles. The van der Waals surface area contributed by atoms with Gasteiger partial charge in [0.05, 0.1) is 6.61 Å². The zero-order valence-electron chi connectivity index (χ0n) is 15.4. The molecule has 0 bridgehead atoms. The van der Waals surface area contributed by atoms with Crippen molar-refractivity contribution in [3.8, 4) is 5.88 Å². The van der Waals surface area contributed by atoms with Gasteiger partial charge in [-0.25, -0.2) is 9.78 Å². The molecule has 0 N–H and O–H groups in total. The van der Waals surface area contributed by atoms with Crippen LogP contribution >= 0.6 is 0 Å². The lowest BCUT2D eigenvalue weighted by Crippen LogP contribution is -2.46. The molecule has 1 saturated heterocycles. The van der Waals surface area contributed by atoms with Gasteiger partial charge in [0.2, 0.25) is 5.88 Å². The Hall–Kier alpha value is -1.78. The number of pyridine rings is 1. The van der Waals surface area contributed by atoms with E-state index in [2.05, 4.69) is 4.98 Å². The topological polar surface area (TPSA) is 51.7 Å².